The van der Waals surface area contributed by atoms with Crippen LogP contribution in [-0.4, -0.2) is 34.6 Å². The predicted octanol–water partition coefficient (Wildman–Crippen LogP) is 3.56. The fourth-order valence-electron chi connectivity index (χ4n) is 3.00. The van der Waals surface area contributed by atoms with Gasteiger partial charge in [0.05, 0.1) is 24.0 Å². The van der Waals surface area contributed by atoms with Crippen molar-refractivity contribution in [2.24, 2.45) is 7.05 Å². The van der Waals surface area contributed by atoms with Gasteiger partial charge in [0.15, 0.2) is 0 Å². The number of carbonyl (C=O) groups excluding carboxylic acids is 2. The van der Waals surface area contributed by atoms with Gasteiger partial charge in [0.2, 0.25) is 0 Å². The summed E-state index contributed by atoms with van der Waals surface area (Å²) in [5, 5.41) is 0. The van der Waals surface area contributed by atoms with Gasteiger partial charge in [-0.1, -0.05) is 18.2 Å². The van der Waals surface area contributed by atoms with Gasteiger partial charge in [-0.25, -0.2) is 4.98 Å². The van der Waals surface area contributed by atoms with Crippen LogP contribution in [0.2, 0.25) is 0 Å². The highest BCUT2D eigenvalue weighted by molar-refractivity contribution is 6.07. The van der Waals surface area contributed by atoms with E-state index in [0.717, 1.165) is 16.7 Å². The van der Waals surface area contributed by atoms with Crippen molar-refractivity contribution >= 4 is 28.6 Å². The normalized spacial score (nSPS) is 10.7. The number of hydrogen-bond donors (Lipinski definition) is 0. The molecule has 3 aromatic rings. The van der Waals surface area contributed by atoms with Crippen molar-refractivity contribution in [3.8, 4) is 0 Å². The molecule has 27 heavy (non-hydrogen) atoms. The second-order valence-electron chi connectivity index (χ2n) is 6.26. The zero-order valence-electron chi connectivity index (χ0n) is 15.6. The number of anilines is 1. The average molecular weight is 365 g/mol. The fraction of sp³-hybridized carbons (Fsp3) is 0.286. The molecule has 0 fully saturated rings. The van der Waals surface area contributed by atoms with Gasteiger partial charge in [0.1, 0.15) is 0 Å². The summed E-state index contributed by atoms with van der Waals surface area (Å²) in [7, 11) is 1.92. The van der Waals surface area contributed by atoms with Gasteiger partial charge in [-0.3, -0.25) is 9.59 Å². The van der Waals surface area contributed by atoms with Gasteiger partial charge in [-0.15, -0.1) is 0 Å². The molecular formula is C21H23N3O3. The fourth-order valence-corrected chi connectivity index (χ4v) is 3.00. The summed E-state index contributed by atoms with van der Waals surface area (Å²) in [5.74, 6) is -0.356. The first-order valence-corrected chi connectivity index (χ1v) is 9.03. The van der Waals surface area contributed by atoms with Gasteiger partial charge in [0, 0.05) is 31.3 Å². The predicted molar refractivity (Wildman–Crippen MR) is 105 cm³/mol. The Labute approximate surface area is 158 Å². The van der Waals surface area contributed by atoms with E-state index < -0.39 is 0 Å². The van der Waals surface area contributed by atoms with Crippen LogP contribution in [0.5, 0.6) is 0 Å². The highest BCUT2D eigenvalue weighted by Gasteiger charge is 2.19. The summed E-state index contributed by atoms with van der Waals surface area (Å²) in [5.41, 5.74) is 3.12. The number of benzene rings is 2. The Hall–Kier alpha value is -3.15. The lowest BCUT2D eigenvalue weighted by atomic mass is 10.1. The Bertz CT molecular complexity index is 934. The van der Waals surface area contributed by atoms with Crippen LogP contribution in [0.25, 0.3) is 11.0 Å². The molecule has 140 valence electrons. The van der Waals surface area contributed by atoms with Crippen LogP contribution < -0.4 is 4.90 Å². The van der Waals surface area contributed by atoms with Gasteiger partial charge in [-0.2, -0.15) is 0 Å². The van der Waals surface area contributed by atoms with E-state index in [0.29, 0.717) is 25.1 Å². The van der Waals surface area contributed by atoms with Crippen LogP contribution in [0, 0.1) is 0 Å². The number of ether oxygens (including phenoxy) is 1. The molecule has 6 heteroatoms. The maximum atomic E-state index is 13.2. The number of imidazole rings is 1. The van der Waals surface area contributed by atoms with Crippen molar-refractivity contribution in [1.29, 1.82) is 0 Å². The lowest BCUT2D eigenvalue weighted by Gasteiger charge is -2.23. The SMILES string of the molecule is CCOC(=O)CCCN(C(=O)c1ccc2c(c1)ncn2C)c1ccccc1. The van der Waals surface area contributed by atoms with Crippen molar-refractivity contribution in [1.82, 2.24) is 9.55 Å². The maximum absolute atomic E-state index is 13.2. The molecule has 1 aromatic heterocycles. The van der Waals surface area contributed by atoms with Crippen LogP contribution in [0.1, 0.15) is 30.1 Å². The quantitative estimate of drug-likeness (QED) is 0.601. The molecule has 3 rings (SSSR count). The molecule has 0 aliphatic carbocycles. The Morgan fingerprint density at radius 3 is 2.67 bits per heavy atom. The molecule has 0 unspecified atom stereocenters. The van der Waals surface area contributed by atoms with Crippen molar-refractivity contribution in [2.45, 2.75) is 19.8 Å². The number of rotatable bonds is 7. The molecular weight excluding hydrogens is 342 g/mol. The zero-order valence-corrected chi connectivity index (χ0v) is 15.6. The van der Waals surface area contributed by atoms with E-state index in [1.54, 1.807) is 24.2 Å². The Morgan fingerprint density at radius 2 is 1.93 bits per heavy atom. The summed E-state index contributed by atoms with van der Waals surface area (Å²) in [6.07, 6.45) is 2.54. The van der Waals surface area contributed by atoms with E-state index >= 15 is 0 Å². The standard InChI is InChI=1S/C21H23N3O3/c1-3-27-20(25)10-7-13-24(17-8-5-4-6-9-17)21(26)16-11-12-19-18(14-16)22-15-23(19)2/h4-6,8-9,11-12,14-15H,3,7,10,13H2,1-2H3. The van der Waals surface area contributed by atoms with Crippen LogP contribution in [0.15, 0.2) is 54.9 Å². The van der Waals surface area contributed by atoms with Gasteiger partial charge in [-0.05, 0) is 43.7 Å². The van der Waals surface area contributed by atoms with Gasteiger partial charge in [0.25, 0.3) is 5.91 Å². The molecule has 1 heterocycles. The molecule has 0 saturated carbocycles. The number of fused-ring (bicyclic) bond motifs is 1. The third kappa shape index (κ3) is 4.34. The minimum absolute atomic E-state index is 0.113. The lowest BCUT2D eigenvalue weighted by molar-refractivity contribution is -0.143. The van der Waals surface area contributed by atoms with Crippen molar-refractivity contribution in [2.75, 3.05) is 18.1 Å². The summed E-state index contributed by atoms with van der Waals surface area (Å²) < 4.78 is 6.89. The van der Waals surface area contributed by atoms with Crippen LogP contribution in [-0.2, 0) is 16.6 Å². The number of carbonyl (C=O) groups is 2. The second kappa shape index (κ2) is 8.49. The summed E-state index contributed by atoms with van der Waals surface area (Å²) in [6.45, 7) is 2.58. The number of aromatic nitrogens is 2. The largest absolute Gasteiger partial charge is 0.466 e. The van der Waals surface area contributed by atoms with E-state index in [9.17, 15) is 9.59 Å². The van der Waals surface area contributed by atoms with E-state index in [1.165, 1.54) is 0 Å². The van der Waals surface area contributed by atoms with E-state index in [1.807, 2.05) is 54.1 Å². The Morgan fingerprint density at radius 1 is 1.15 bits per heavy atom. The van der Waals surface area contributed by atoms with Crippen LogP contribution in [0.3, 0.4) is 0 Å². The van der Waals surface area contributed by atoms with E-state index in [2.05, 4.69) is 4.98 Å². The summed E-state index contributed by atoms with van der Waals surface area (Å²) >= 11 is 0. The van der Waals surface area contributed by atoms with Crippen molar-refractivity contribution in [3.63, 3.8) is 0 Å². The molecule has 0 atom stereocenters. The highest BCUT2D eigenvalue weighted by atomic mass is 16.5. The number of para-hydroxylation sites is 1. The molecule has 0 N–H and O–H groups in total. The zero-order chi connectivity index (χ0) is 19.2. The van der Waals surface area contributed by atoms with Gasteiger partial charge >= 0.3 is 5.97 Å². The number of amides is 1. The molecule has 0 spiro atoms. The number of nitrogens with zero attached hydrogens (tertiary/aromatic N) is 3. The Kier molecular flexibility index (Phi) is 5.86. The van der Waals surface area contributed by atoms with Crippen LogP contribution >= 0.6 is 0 Å². The summed E-state index contributed by atoms with van der Waals surface area (Å²) in [4.78, 5) is 30.8. The first kappa shape index (κ1) is 18.6. The van der Waals surface area contributed by atoms with Crippen molar-refractivity contribution < 1.29 is 14.3 Å². The minimum atomic E-state index is -0.243. The third-order valence-corrected chi connectivity index (χ3v) is 4.35. The van der Waals surface area contributed by atoms with Crippen molar-refractivity contribution in [3.05, 3.63) is 60.4 Å². The third-order valence-electron chi connectivity index (χ3n) is 4.35. The molecule has 0 saturated heterocycles. The smallest absolute Gasteiger partial charge is 0.305 e. The molecule has 0 radical (unpaired) electrons. The number of esters is 1. The minimum Gasteiger partial charge on any atom is -0.466 e. The molecule has 0 bridgehead atoms. The lowest BCUT2D eigenvalue weighted by Crippen LogP contribution is -2.32. The first-order valence-electron chi connectivity index (χ1n) is 9.03. The second-order valence-corrected chi connectivity index (χ2v) is 6.26. The molecule has 6 nitrogen and oxygen atoms in total. The number of hydrogen-bond acceptors (Lipinski definition) is 4. The van der Waals surface area contributed by atoms with E-state index in [-0.39, 0.29) is 18.3 Å². The van der Waals surface area contributed by atoms with E-state index in [4.69, 9.17) is 4.74 Å². The summed E-state index contributed by atoms with van der Waals surface area (Å²) in [6, 6.07) is 15.0. The average Bonchev–Trinajstić information content (AvgIpc) is 3.06. The van der Waals surface area contributed by atoms with Gasteiger partial charge < -0.3 is 14.2 Å². The molecule has 2 aromatic carbocycles. The number of aryl methyl sites for hydroxylation is 1. The van der Waals surface area contributed by atoms with Crippen LogP contribution in [0.4, 0.5) is 5.69 Å². The molecule has 0 aliphatic heterocycles. The Balaban J connectivity index is 1.82. The maximum Gasteiger partial charge on any atom is 0.305 e. The molecule has 0 aliphatic rings. The molecule has 1 amide bonds. The highest BCUT2D eigenvalue weighted by Crippen LogP contribution is 2.20. The first-order chi connectivity index (χ1) is 13.1. The monoisotopic (exact) mass is 365 g/mol. The topological polar surface area (TPSA) is 64.4 Å².